The second kappa shape index (κ2) is 4.16. The lowest BCUT2D eigenvalue weighted by Crippen LogP contribution is -2.30. The first-order chi connectivity index (χ1) is 7.81. The third-order valence-electron chi connectivity index (χ3n) is 3.41. The zero-order chi connectivity index (χ0) is 12.7. The van der Waals surface area contributed by atoms with Gasteiger partial charge in [-0.1, -0.05) is 51.4 Å². The molecule has 0 aromatic heterocycles. The summed E-state index contributed by atoms with van der Waals surface area (Å²) in [7, 11) is 0. The Balaban J connectivity index is 2.16. The third kappa shape index (κ3) is 2.57. The van der Waals surface area contributed by atoms with Gasteiger partial charge >= 0.3 is 0 Å². The maximum Gasteiger partial charge on any atom is 0.189 e. The molecule has 0 aromatic rings. The van der Waals surface area contributed by atoms with Crippen LogP contribution in [0.25, 0.3) is 0 Å². The van der Waals surface area contributed by atoms with E-state index in [-0.39, 0.29) is 16.9 Å². The van der Waals surface area contributed by atoms with Gasteiger partial charge in [0.05, 0.1) is 6.04 Å². The minimum atomic E-state index is -0.00300. The molecular formula is C14H20ClNO. The summed E-state index contributed by atoms with van der Waals surface area (Å²) < 4.78 is 5.74. The van der Waals surface area contributed by atoms with E-state index in [4.69, 9.17) is 21.3 Å². The molecule has 0 saturated heterocycles. The molecule has 1 heterocycles. The van der Waals surface area contributed by atoms with E-state index in [1.807, 2.05) is 6.08 Å². The van der Waals surface area contributed by atoms with Gasteiger partial charge in [0.25, 0.3) is 0 Å². The Kier molecular flexibility index (Phi) is 3.11. The lowest BCUT2D eigenvalue weighted by molar-refractivity contribution is 0.229. The topological polar surface area (TPSA) is 21.6 Å². The molecule has 1 aliphatic carbocycles. The molecule has 2 aliphatic rings. The molecular weight excluding hydrogens is 234 g/mol. The molecule has 0 radical (unpaired) electrons. The standard InChI is InChI=1S/C14H20ClNO/c1-13(2,3)12-16-11(9-17-12)14(4)7-5-10(15)6-8-14/h5-7,11H,8-9H2,1-4H3/t11-,14?/m1/s1. The van der Waals surface area contributed by atoms with Crippen molar-refractivity contribution in [2.45, 2.75) is 40.2 Å². The SMILES string of the molecule is CC(C)(C)C1=N[C@@H](C2(C)C=CC(Cl)=CC2)CO1. The van der Waals surface area contributed by atoms with Crippen LogP contribution in [-0.2, 0) is 4.74 Å². The van der Waals surface area contributed by atoms with Gasteiger partial charge in [-0.3, -0.25) is 0 Å². The van der Waals surface area contributed by atoms with Crippen molar-refractivity contribution in [3.05, 3.63) is 23.3 Å². The van der Waals surface area contributed by atoms with E-state index in [9.17, 15) is 0 Å². The molecule has 0 spiro atoms. The number of aliphatic imine (C=N–C) groups is 1. The molecule has 94 valence electrons. The maximum absolute atomic E-state index is 5.96. The van der Waals surface area contributed by atoms with Crippen molar-refractivity contribution >= 4 is 17.5 Å². The van der Waals surface area contributed by atoms with Crippen LogP contribution in [-0.4, -0.2) is 18.5 Å². The quantitative estimate of drug-likeness (QED) is 0.694. The summed E-state index contributed by atoms with van der Waals surface area (Å²) in [5, 5.41) is 0.821. The van der Waals surface area contributed by atoms with E-state index in [0.717, 1.165) is 17.4 Å². The second-order valence-electron chi connectivity index (χ2n) is 6.14. The molecule has 1 unspecified atom stereocenters. The molecule has 0 N–H and O–H groups in total. The fraction of sp³-hybridized carbons (Fsp3) is 0.643. The summed E-state index contributed by atoms with van der Waals surface area (Å²) in [6.45, 7) is 9.28. The summed E-state index contributed by atoms with van der Waals surface area (Å²) in [6, 6.07) is 0.203. The largest absolute Gasteiger partial charge is 0.478 e. The predicted octanol–water partition coefficient (Wildman–Crippen LogP) is 3.92. The molecule has 0 fully saturated rings. The first kappa shape index (κ1) is 12.7. The van der Waals surface area contributed by atoms with Crippen LogP contribution in [0.2, 0.25) is 0 Å². The predicted molar refractivity (Wildman–Crippen MR) is 72.4 cm³/mol. The summed E-state index contributed by atoms with van der Waals surface area (Å²) in [5.41, 5.74) is 0.0301. The molecule has 0 bridgehead atoms. The number of ether oxygens (including phenoxy) is 1. The van der Waals surface area contributed by atoms with E-state index in [1.165, 1.54) is 0 Å². The lowest BCUT2D eigenvalue weighted by Gasteiger charge is -2.30. The number of hydrogen-bond donors (Lipinski definition) is 0. The highest BCUT2D eigenvalue weighted by atomic mass is 35.5. The Hall–Kier alpha value is -0.760. The molecule has 0 aromatic carbocycles. The van der Waals surface area contributed by atoms with Gasteiger partial charge in [-0.2, -0.15) is 0 Å². The van der Waals surface area contributed by atoms with Gasteiger partial charge in [0, 0.05) is 15.9 Å². The molecule has 2 nitrogen and oxygen atoms in total. The van der Waals surface area contributed by atoms with Gasteiger partial charge < -0.3 is 4.74 Å². The highest BCUT2D eigenvalue weighted by molar-refractivity contribution is 6.31. The van der Waals surface area contributed by atoms with Crippen molar-refractivity contribution in [1.29, 1.82) is 0 Å². The van der Waals surface area contributed by atoms with Crippen LogP contribution in [0, 0.1) is 10.8 Å². The normalized spacial score (nSPS) is 33.1. The van der Waals surface area contributed by atoms with Crippen LogP contribution in [0.1, 0.15) is 34.1 Å². The van der Waals surface area contributed by atoms with E-state index in [1.54, 1.807) is 0 Å². The molecule has 17 heavy (non-hydrogen) atoms. The summed E-state index contributed by atoms with van der Waals surface area (Å²) >= 11 is 5.96. The monoisotopic (exact) mass is 253 g/mol. The van der Waals surface area contributed by atoms with Crippen LogP contribution in [0.15, 0.2) is 28.3 Å². The van der Waals surface area contributed by atoms with Gasteiger partial charge in [-0.05, 0) is 12.5 Å². The fourth-order valence-electron chi connectivity index (χ4n) is 2.09. The van der Waals surface area contributed by atoms with Crippen LogP contribution < -0.4 is 0 Å². The van der Waals surface area contributed by atoms with E-state index in [2.05, 4.69) is 39.8 Å². The van der Waals surface area contributed by atoms with Crippen LogP contribution >= 0.6 is 11.6 Å². The first-order valence-electron chi connectivity index (χ1n) is 6.07. The molecule has 0 amide bonds. The van der Waals surface area contributed by atoms with Crippen molar-refractivity contribution < 1.29 is 4.74 Å². The van der Waals surface area contributed by atoms with Crippen LogP contribution in [0.5, 0.6) is 0 Å². The van der Waals surface area contributed by atoms with Crippen molar-refractivity contribution in [3.63, 3.8) is 0 Å². The Morgan fingerprint density at radius 1 is 1.47 bits per heavy atom. The van der Waals surface area contributed by atoms with Gasteiger partial charge in [0.1, 0.15) is 6.61 Å². The average Bonchev–Trinajstić information content (AvgIpc) is 2.72. The highest BCUT2D eigenvalue weighted by Crippen LogP contribution is 2.38. The van der Waals surface area contributed by atoms with E-state index >= 15 is 0 Å². The van der Waals surface area contributed by atoms with Crippen molar-refractivity contribution in [2.75, 3.05) is 6.61 Å². The summed E-state index contributed by atoms with van der Waals surface area (Å²) in [5.74, 6) is 0.873. The molecule has 0 saturated carbocycles. The number of nitrogens with zero attached hydrogens (tertiary/aromatic N) is 1. The van der Waals surface area contributed by atoms with Gasteiger partial charge in [0.15, 0.2) is 5.90 Å². The highest BCUT2D eigenvalue weighted by Gasteiger charge is 2.38. The zero-order valence-electron chi connectivity index (χ0n) is 11.0. The van der Waals surface area contributed by atoms with Crippen molar-refractivity contribution in [1.82, 2.24) is 0 Å². The van der Waals surface area contributed by atoms with Gasteiger partial charge in [-0.25, -0.2) is 4.99 Å². The van der Waals surface area contributed by atoms with Crippen LogP contribution in [0.3, 0.4) is 0 Å². The first-order valence-corrected chi connectivity index (χ1v) is 6.45. The minimum Gasteiger partial charge on any atom is -0.478 e. The smallest absolute Gasteiger partial charge is 0.189 e. The summed E-state index contributed by atoms with van der Waals surface area (Å²) in [4.78, 5) is 4.75. The fourth-order valence-corrected chi connectivity index (χ4v) is 2.23. The average molecular weight is 254 g/mol. The lowest BCUT2D eigenvalue weighted by atomic mass is 9.77. The summed E-state index contributed by atoms with van der Waals surface area (Å²) in [6.07, 6.45) is 7.12. The number of rotatable bonds is 1. The number of halogens is 1. The van der Waals surface area contributed by atoms with Crippen molar-refractivity contribution in [3.8, 4) is 0 Å². The third-order valence-corrected chi connectivity index (χ3v) is 3.69. The second-order valence-corrected chi connectivity index (χ2v) is 6.58. The molecule has 3 heteroatoms. The van der Waals surface area contributed by atoms with Crippen molar-refractivity contribution in [2.24, 2.45) is 15.8 Å². The Morgan fingerprint density at radius 3 is 2.65 bits per heavy atom. The Morgan fingerprint density at radius 2 is 2.18 bits per heavy atom. The minimum absolute atomic E-state index is 0.00300. The van der Waals surface area contributed by atoms with E-state index < -0.39 is 0 Å². The maximum atomic E-state index is 5.96. The number of hydrogen-bond acceptors (Lipinski definition) is 2. The molecule has 2 atom stereocenters. The Bertz CT molecular complexity index is 403. The molecule has 1 aliphatic heterocycles. The number of allylic oxidation sites excluding steroid dienone is 3. The van der Waals surface area contributed by atoms with Gasteiger partial charge in [0.2, 0.25) is 0 Å². The zero-order valence-corrected chi connectivity index (χ0v) is 11.7. The van der Waals surface area contributed by atoms with Gasteiger partial charge in [-0.15, -0.1) is 0 Å². The van der Waals surface area contributed by atoms with E-state index in [0.29, 0.717) is 6.61 Å². The van der Waals surface area contributed by atoms with Crippen LogP contribution in [0.4, 0.5) is 0 Å². The Labute approximate surface area is 108 Å². The molecule has 2 rings (SSSR count).